The van der Waals surface area contributed by atoms with Gasteiger partial charge in [-0.15, -0.1) is 11.3 Å². The maximum absolute atomic E-state index is 12.7. The van der Waals surface area contributed by atoms with Crippen molar-refractivity contribution < 1.29 is 14.3 Å². The molecule has 0 aliphatic heterocycles. The van der Waals surface area contributed by atoms with Crippen molar-refractivity contribution >= 4 is 28.2 Å². The molecule has 132 valence electrons. The van der Waals surface area contributed by atoms with Crippen molar-refractivity contribution in [3.05, 3.63) is 66.2 Å². The van der Waals surface area contributed by atoms with Crippen LogP contribution in [0.5, 0.6) is 0 Å². The number of benzene rings is 2. The van der Waals surface area contributed by atoms with E-state index in [0.29, 0.717) is 10.6 Å². The van der Waals surface area contributed by atoms with Gasteiger partial charge < -0.3 is 10.1 Å². The summed E-state index contributed by atoms with van der Waals surface area (Å²) in [5.74, 6) is -0.662. The molecule has 26 heavy (non-hydrogen) atoms. The number of hydrogen-bond donors (Lipinski definition) is 1. The topological polar surface area (TPSA) is 55.4 Å². The van der Waals surface area contributed by atoms with Crippen LogP contribution in [0.4, 0.5) is 5.00 Å². The van der Waals surface area contributed by atoms with Gasteiger partial charge in [0.15, 0.2) is 0 Å². The molecular weight excluding hydrogens is 346 g/mol. The molecule has 0 saturated carbocycles. The average molecular weight is 365 g/mol. The fraction of sp³-hybridized carbons (Fsp3) is 0.143. The van der Waals surface area contributed by atoms with Gasteiger partial charge in [0.05, 0.1) is 6.61 Å². The second-order valence-corrected chi connectivity index (χ2v) is 6.66. The molecule has 1 amide bonds. The van der Waals surface area contributed by atoms with Gasteiger partial charge in [-0.25, -0.2) is 4.79 Å². The van der Waals surface area contributed by atoms with E-state index >= 15 is 0 Å². The van der Waals surface area contributed by atoms with Crippen molar-refractivity contribution in [3.63, 3.8) is 0 Å². The zero-order chi connectivity index (χ0) is 18.5. The summed E-state index contributed by atoms with van der Waals surface area (Å²) in [6.07, 6.45) is 0. The van der Waals surface area contributed by atoms with E-state index in [-0.39, 0.29) is 12.5 Å². The third-order valence-electron chi connectivity index (χ3n) is 3.78. The minimum Gasteiger partial charge on any atom is -0.462 e. The molecule has 4 nitrogen and oxygen atoms in total. The highest BCUT2D eigenvalue weighted by Crippen LogP contribution is 2.46. The molecule has 1 heterocycles. The van der Waals surface area contributed by atoms with Crippen LogP contribution in [-0.4, -0.2) is 18.5 Å². The maximum atomic E-state index is 12.7. The molecule has 0 saturated heterocycles. The fourth-order valence-electron chi connectivity index (χ4n) is 2.75. The second-order valence-electron chi connectivity index (χ2n) is 5.64. The Morgan fingerprint density at radius 1 is 0.962 bits per heavy atom. The Morgan fingerprint density at radius 2 is 1.54 bits per heavy atom. The zero-order valence-corrected chi connectivity index (χ0v) is 15.4. The second kappa shape index (κ2) is 7.97. The van der Waals surface area contributed by atoms with Crippen molar-refractivity contribution in [1.29, 1.82) is 0 Å². The normalized spacial score (nSPS) is 10.4. The van der Waals surface area contributed by atoms with Gasteiger partial charge in [-0.05, 0) is 18.1 Å². The summed E-state index contributed by atoms with van der Waals surface area (Å²) in [5, 5.41) is 3.30. The van der Waals surface area contributed by atoms with Crippen LogP contribution in [0.1, 0.15) is 24.2 Å². The predicted molar refractivity (Wildman–Crippen MR) is 105 cm³/mol. The van der Waals surface area contributed by atoms with E-state index in [1.807, 2.05) is 60.7 Å². The van der Waals surface area contributed by atoms with E-state index in [1.165, 1.54) is 18.3 Å². The summed E-state index contributed by atoms with van der Waals surface area (Å²) in [6, 6.07) is 19.5. The van der Waals surface area contributed by atoms with Gasteiger partial charge in [0.1, 0.15) is 10.6 Å². The quantitative estimate of drug-likeness (QED) is 0.631. The number of esters is 1. The molecule has 3 rings (SSSR count). The molecule has 3 aromatic rings. The number of rotatable bonds is 5. The molecule has 1 N–H and O–H groups in total. The largest absolute Gasteiger partial charge is 0.462 e. The van der Waals surface area contributed by atoms with Gasteiger partial charge in [0, 0.05) is 17.4 Å². The first kappa shape index (κ1) is 17.9. The molecule has 0 aliphatic rings. The van der Waals surface area contributed by atoms with Crippen molar-refractivity contribution in [2.45, 2.75) is 13.8 Å². The molecule has 0 spiro atoms. The summed E-state index contributed by atoms with van der Waals surface area (Å²) in [7, 11) is 0. The van der Waals surface area contributed by atoms with Crippen LogP contribution >= 0.6 is 11.3 Å². The van der Waals surface area contributed by atoms with Crippen molar-refractivity contribution in [1.82, 2.24) is 0 Å². The molecule has 0 unspecified atom stereocenters. The van der Waals surface area contributed by atoms with E-state index in [2.05, 4.69) is 5.32 Å². The van der Waals surface area contributed by atoms with E-state index in [4.69, 9.17) is 4.74 Å². The van der Waals surface area contributed by atoms with Gasteiger partial charge in [-0.2, -0.15) is 0 Å². The number of anilines is 1. The lowest BCUT2D eigenvalue weighted by Gasteiger charge is -2.09. The summed E-state index contributed by atoms with van der Waals surface area (Å²) < 4.78 is 5.28. The van der Waals surface area contributed by atoms with Crippen LogP contribution in [0.25, 0.3) is 21.6 Å². The number of carbonyl (C=O) groups excluding carboxylic acids is 2. The number of hydrogen-bond acceptors (Lipinski definition) is 4. The number of amides is 1. The summed E-state index contributed by atoms with van der Waals surface area (Å²) in [4.78, 5) is 25.3. The van der Waals surface area contributed by atoms with E-state index in [0.717, 1.165) is 21.6 Å². The van der Waals surface area contributed by atoms with Gasteiger partial charge in [-0.3, -0.25) is 4.79 Å². The fourth-order valence-corrected chi connectivity index (χ4v) is 4.01. The van der Waals surface area contributed by atoms with Gasteiger partial charge in [0.2, 0.25) is 5.91 Å². The Balaban J connectivity index is 2.30. The number of nitrogens with one attached hydrogen (secondary N) is 1. The minimum absolute atomic E-state index is 0.226. The lowest BCUT2D eigenvalue weighted by Crippen LogP contribution is -2.11. The van der Waals surface area contributed by atoms with E-state index in [9.17, 15) is 9.59 Å². The van der Waals surface area contributed by atoms with Crippen LogP contribution in [-0.2, 0) is 9.53 Å². The van der Waals surface area contributed by atoms with E-state index < -0.39 is 5.97 Å². The highest BCUT2D eigenvalue weighted by Gasteiger charge is 2.27. The number of ether oxygens (including phenoxy) is 1. The van der Waals surface area contributed by atoms with E-state index in [1.54, 1.807) is 6.92 Å². The van der Waals surface area contributed by atoms with Crippen LogP contribution in [0.2, 0.25) is 0 Å². The first-order valence-corrected chi connectivity index (χ1v) is 9.15. The van der Waals surface area contributed by atoms with Crippen molar-refractivity contribution in [2.24, 2.45) is 0 Å². The Hall–Kier alpha value is -2.92. The van der Waals surface area contributed by atoms with Gasteiger partial charge in [-0.1, -0.05) is 60.7 Å². The molecular formula is C21H19NO3S. The molecule has 0 radical (unpaired) electrons. The molecule has 1 aromatic heterocycles. The third-order valence-corrected chi connectivity index (χ3v) is 4.93. The van der Waals surface area contributed by atoms with Crippen LogP contribution in [0.3, 0.4) is 0 Å². The summed E-state index contributed by atoms with van der Waals surface area (Å²) >= 11 is 1.38. The molecule has 0 aliphatic carbocycles. The number of carbonyl (C=O) groups is 2. The van der Waals surface area contributed by atoms with Crippen LogP contribution in [0, 0.1) is 0 Å². The monoisotopic (exact) mass is 365 g/mol. The highest BCUT2D eigenvalue weighted by atomic mass is 32.1. The zero-order valence-electron chi connectivity index (χ0n) is 14.6. The van der Waals surface area contributed by atoms with Crippen molar-refractivity contribution in [2.75, 3.05) is 11.9 Å². The highest BCUT2D eigenvalue weighted by molar-refractivity contribution is 7.20. The smallest absolute Gasteiger partial charge is 0.341 e. The summed E-state index contributed by atoms with van der Waals surface area (Å²) in [5.41, 5.74) is 3.07. The molecule has 5 heteroatoms. The first-order valence-electron chi connectivity index (χ1n) is 8.34. The molecule has 2 aromatic carbocycles. The lowest BCUT2D eigenvalue weighted by molar-refractivity contribution is -0.114. The Kier molecular flexibility index (Phi) is 5.49. The predicted octanol–water partition coefficient (Wildman–Crippen LogP) is 5.22. The molecule has 0 bridgehead atoms. The van der Waals surface area contributed by atoms with Gasteiger partial charge >= 0.3 is 5.97 Å². The third kappa shape index (κ3) is 3.68. The standard InChI is InChI=1S/C21H19NO3S/c1-3-25-21(24)18-17(15-10-6-4-7-11-15)19(16-12-8-5-9-13-16)26-20(18)22-14(2)23/h4-13H,3H2,1-2H3,(H,22,23). The Morgan fingerprint density at radius 3 is 2.08 bits per heavy atom. The van der Waals surface area contributed by atoms with Crippen LogP contribution < -0.4 is 5.32 Å². The van der Waals surface area contributed by atoms with Crippen molar-refractivity contribution in [3.8, 4) is 21.6 Å². The summed E-state index contributed by atoms with van der Waals surface area (Å²) in [6.45, 7) is 3.46. The maximum Gasteiger partial charge on any atom is 0.341 e. The lowest BCUT2D eigenvalue weighted by atomic mass is 9.98. The SMILES string of the molecule is CCOC(=O)c1c(NC(C)=O)sc(-c2ccccc2)c1-c1ccccc1. The average Bonchev–Trinajstić information content (AvgIpc) is 3.02. The minimum atomic E-state index is -0.437. The Labute approximate surface area is 156 Å². The van der Waals surface area contributed by atoms with Crippen LogP contribution in [0.15, 0.2) is 60.7 Å². The Bertz CT molecular complexity index is 917. The number of thiophene rings is 1. The first-order chi connectivity index (χ1) is 12.6. The molecule has 0 fully saturated rings. The molecule has 0 atom stereocenters. The van der Waals surface area contributed by atoms with Gasteiger partial charge in [0.25, 0.3) is 0 Å².